The summed E-state index contributed by atoms with van der Waals surface area (Å²) in [7, 11) is 0. The van der Waals surface area contributed by atoms with Gasteiger partial charge < -0.3 is 23.7 Å². The quantitative estimate of drug-likeness (QED) is 0.0659. The van der Waals surface area contributed by atoms with E-state index in [0.29, 0.717) is 12.8 Å². The Morgan fingerprint density at radius 3 is 1.90 bits per heavy atom. The zero-order chi connectivity index (χ0) is 37.0. The molecule has 0 N–H and O–H groups in total. The van der Waals surface area contributed by atoms with Gasteiger partial charge in [0.15, 0.2) is 12.4 Å². The predicted molar refractivity (Wildman–Crippen MR) is 182 cm³/mol. The van der Waals surface area contributed by atoms with Crippen LogP contribution in [-0.4, -0.2) is 77.8 Å². The fourth-order valence-corrected chi connectivity index (χ4v) is 6.91. The van der Waals surface area contributed by atoms with E-state index in [1.807, 2.05) is 60.7 Å². The minimum absolute atomic E-state index is 0.0684. The molecule has 52 heavy (non-hydrogen) atoms. The molecular weight excluding hydrogens is 676 g/mol. The van der Waals surface area contributed by atoms with Crippen molar-refractivity contribution in [1.29, 1.82) is 0 Å². The van der Waals surface area contributed by atoms with Gasteiger partial charge in [-0.3, -0.25) is 14.5 Å². The molecule has 1 aliphatic heterocycles. The molecule has 9 atom stereocenters. The maximum Gasteiger partial charge on any atom is 0.410 e. The van der Waals surface area contributed by atoms with E-state index in [0.717, 1.165) is 37.8 Å². The molecule has 5 rings (SSSR count). The Balaban J connectivity index is 1.47. The third-order valence-corrected chi connectivity index (χ3v) is 9.24. The lowest BCUT2D eigenvalue weighted by Crippen LogP contribution is -2.61. The lowest BCUT2D eigenvalue weighted by Gasteiger charge is -2.46. The van der Waals surface area contributed by atoms with Gasteiger partial charge in [0.2, 0.25) is 0 Å². The van der Waals surface area contributed by atoms with Crippen LogP contribution < -0.4 is 0 Å². The average Bonchev–Trinajstić information content (AvgIpc) is 3.97. The Hall–Kier alpha value is -5.50. The first-order chi connectivity index (χ1) is 25.2. The van der Waals surface area contributed by atoms with Gasteiger partial charge in [0.25, 0.3) is 0 Å². The minimum atomic E-state index is -1.40. The largest absolute Gasteiger partial charge is 0.458 e. The summed E-state index contributed by atoms with van der Waals surface area (Å²) in [6.07, 6.45) is -4.16. The van der Waals surface area contributed by atoms with E-state index in [4.69, 9.17) is 23.7 Å². The van der Waals surface area contributed by atoms with Gasteiger partial charge in [0.05, 0.1) is 30.3 Å². The molecule has 1 amide bonds. The summed E-state index contributed by atoms with van der Waals surface area (Å²) >= 11 is 0. The molecule has 0 bridgehead atoms. The van der Waals surface area contributed by atoms with Crippen LogP contribution in [0.25, 0.3) is 31.3 Å². The van der Waals surface area contributed by atoms with Gasteiger partial charge in [-0.05, 0) is 65.7 Å². The molecule has 2 saturated carbocycles. The molecule has 2 aromatic rings. The zero-order valence-corrected chi connectivity index (χ0v) is 28.7. The standard InChI is InChI=1S/C34H40N10O8/c1-20(45)49-30-26(39-42-36)17-27(40-43-37)31(32(30)50-21(2)46)52-33-25(38-41-35)15-16-28(51-33)29(24-13-14-24)44(18-22-9-5-3-6-10-22)34(47)48-19-23-11-7-4-8-12-23/h3-12,24-33H,13-19H2,1-2H3. The monoisotopic (exact) mass is 716 g/mol. The fourth-order valence-electron chi connectivity index (χ4n) is 6.91. The Bertz CT molecular complexity index is 1700. The smallest absolute Gasteiger partial charge is 0.410 e. The van der Waals surface area contributed by atoms with Gasteiger partial charge in [0.1, 0.15) is 18.8 Å². The van der Waals surface area contributed by atoms with Crippen LogP contribution >= 0.6 is 0 Å². The van der Waals surface area contributed by atoms with Gasteiger partial charge in [-0.25, -0.2) is 4.79 Å². The van der Waals surface area contributed by atoms with Crippen LogP contribution in [0, 0.1) is 5.92 Å². The lowest BCUT2D eigenvalue weighted by molar-refractivity contribution is -0.265. The van der Waals surface area contributed by atoms with E-state index in [1.54, 1.807) is 4.90 Å². The van der Waals surface area contributed by atoms with Crippen molar-refractivity contribution < 1.29 is 38.1 Å². The van der Waals surface area contributed by atoms with Crippen molar-refractivity contribution in [2.75, 3.05) is 0 Å². The van der Waals surface area contributed by atoms with E-state index in [2.05, 4.69) is 30.1 Å². The zero-order valence-electron chi connectivity index (χ0n) is 28.7. The van der Waals surface area contributed by atoms with Crippen molar-refractivity contribution in [1.82, 2.24) is 4.90 Å². The van der Waals surface area contributed by atoms with E-state index in [9.17, 15) is 31.0 Å². The summed E-state index contributed by atoms with van der Waals surface area (Å²) in [5, 5.41) is 11.5. The van der Waals surface area contributed by atoms with E-state index in [1.165, 1.54) is 0 Å². The molecule has 2 aromatic carbocycles. The Morgan fingerprint density at radius 1 is 0.769 bits per heavy atom. The number of ether oxygens (including phenoxy) is 5. The molecule has 274 valence electrons. The number of azide groups is 3. The molecule has 18 heteroatoms. The summed E-state index contributed by atoms with van der Waals surface area (Å²) < 4.78 is 30.0. The summed E-state index contributed by atoms with van der Waals surface area (Å²) in [6.45, 7) is 2.58. The Kier molecular flexibility index (Phi) is 13.2. The molecular formula is C34H40N10O8. The van der Waals surface area contributed by atoms with Crippen molar-refractivity contribution in [3.8, 4) is 0 Å². The van der Waals surface area contributed by atoms with Crippen LogP contribution in [0.5, 0.6) is 0 Å². The van der Waals surface area contributed by atoms with Gasteiger partial charge in [-0.1, -0.05) is 76.0 Å². The summed E-state index contributed by atoms with van der Waals surface area (Å²) in [6, 6.07) is 15.4. The predicted octanol–water partition coefficient (Wildman–Crippen LogP) is 6.80. The number of benzene rings is 2. The van der Waals surface area contributed by atoms with Gasteiger partial charge >= 0.3 is 18.0 Å². The highest BCUT2D eigenvalue weighted by molar-refractivity contribution is 5.69. The number of hydrogen-bond donors (Lipinski definition) is 0. The lowest BCUT2D eigenvalue weighted by atomic mass is 9.84. The maximum absolute atomic E-state index is 14.0. The topological polar surface area (TPSA) is 247 Å². The highest BCUT2D eigenvalue weighted by atomic mass is 16.7. The van der Waals surface area contributed by atoms with Crippen molar-refractivity contribution in [2.24, 2.45) is 21.3 Å². The van der Waals surface area contributed by atoms with E-state index in [-0.39, 0.29) is 25.5 Å². The molecule has 2 aliphatic carbocycles. The van der Waals surface area contributed by atoms with E-state index < -0.39 is 72.9 Å². The van der Waals surface area contributed by atoms with Crippen molar-refractivity contribution >= 4 is 18.0 Å². The van der Waals surface area contributed by atoms with Crippen molar-refractivity contribution in [3.63, 3.8) is 0 Å². The third kappa shape index (κ3) is 9.84. The number of nitrogens with zero attached hydrogens (tertiary/aromatic N) is 10. The van der Waals surface area contributed by atoms with Crippen LogP contribution in [0.4, 0.5) is 4.79 Å². The van der Waals surface area contributed by atoms with Crippen LogP contribution in [0.1, 0.15) is 57.1 Å². The van der Waals surface area contributed by atoms with Crippen LogP contribution in [0.2, 0.25) is 0 Å². The average molecular weight is 717 g/mol. The number of hydrogen-bond acceptors (Lipinski definition) is 11. The molecule has 18 nitrogen and oxygen atoms in total. The Morgan fingerprint density at radius 2 is 1.33 bits per heavy atom. The molecule has 3 aliphatic rings. The fraction of sp³-hybridized carbons (Fsp3) is 0.559. The van der Waals surface area contributed by atoms with Gasteiger partial charge in [0, 0.05) is 35.1 Å². The van der Waals surface area contributed by atoms with Crippen LogP contribution in [0.15, 0.2) is 76.0 Å². The molecule has 1 heterocycles. The Labute approximate surface area is 299 Å². The third-order valence-electron chi connectivity index (χ3n) is 9.24. The molecule has 0 aromatic heterocycles. The molecule has 9 unspecified atom stereocenters. The maximum atomic E-state index is 14.0. The summed E-state index contributed by atoms with van der Waals surface area (Å²) in [5.74, 6) is -1.44. The first-order valence-corrected chi connectivity index (χ1v) is 17.0. The second kappa shape index (κ2) is 18.1. The SMILES string of the molecule is CC(=O)OC1C(N=[N+]=[N-])CC(N=[N+]=[N-])C(OC2OC(C(C3CC3)N(Cc3ccccc3)C(=O)OCc3ccccc3)CCC2N=[N+]=[N-])C1OC(C)=O. The first kappa shape index (κ1) is 37.7. The number of carbonyl (C=O) groups excluding carboxylic acids is 3. The van der Waals surface area contributed by atoms with E-state index >= 15 is 0 Å². The number of esters is 2. The normalized spacial score (nSPS) is 27.3. The highest BCUT2D eigenvalue weighted by Gasteiger charge is 2.52. The highest BCUT2D eigenvalue weighted by Crippen LogP contribution is 2.43. The van der Waals surface area contributed by atoms with Gasteiger partial charge in [-0.2, -0.15) is 0 Å². The number of amides is 1. The van der Waals surface area contributed by atoms with Crippen molar-refractivity contribution in [3.05, 3.63) is 103 Å². The summed E-state index contributed by atoms with van der Waals surface area (Å²) in [4.78, 5) is 48.9. The minimum Gasteiger partial charge on any atom is -0.458 e. The second-order valence-corrected chi connectivity index (χ2v) is 12.9. The van der Waals surface area contributed by atoms with Crippen LogP contribution in [0.3, 0.4) is 0 Å². The number of rotatable bonds is 14. The molecule has 1 saturated heterocycles. The second-order valence-electron chi connectivity index (χ2n) is 12.9. The number of carbonyl (C=O) groups is 3. The molecule has 0 radical (unpaired) electrons. The molecule has 0 spiro atoms. The molecule has 3 fully saturated rings. The van der Waals surface area contributed by atoms with Gasteiger partial charge in [-0.15, -0.1) is 0 Å². The van der Waals surface area contributed by atoms with Crippen molar-refractivity contribution in [2.45, 2.75) is 114 Å². The summed E-state index contributed by atoms with van der Waals surface area (Å²) in [5.41, 5.74) is 29.9. The first-order valence-electron chi connectivity index (χ1n) is 17.0. The van der Waals surface area contributed by atoms with Crippen LogP contribution in [-0.2, 0) is 46.4 Å².